The van der Waals surface area contributed by atoms with Gasteiger partial charge in [0.2, 0.25) is 5.91 Å². The van der Waals surface area contributed by atoms with Gasteiger partial charge >= 0.3 is 0 Å². The standard InChI is InChI=1S/C12H22N2OS/c1-9-7-14(8-10(2)16-9)12(15)11-5-3-4-6-13-11/h9-11,13H,3-8H2,1-2H3/t9?,10?,11-/m0/s1. The van der Waals surface area contributed by atoms with Crippen LogP contribution in [-0.2, 0) is 4.79 Å². The summed E-state index contributed by atoms with van der Waals surface area (Å²) in [5.41, 5.74) is 0. The smallest absolute Gasteiger partial charge is 0.239 e. The van der Waals surface area contributed by atoms with Crippen molar-refractivity contribution in [1.82, 2.24) is 10.2 Å². The molecule has 92 valence electrons. The van der Waals surface area contributed by atoms with Crippen LogP contribution in [0.25, 0.3) is 0 Å². The highest BCUT2D eigenvalue weighted by Crippen LogP contribution is 2.25. The highest BCUT2D eigenvalue weighted by molar-refractivity contribution is 8.00. The SMILES string of the molecule is CC1CN(C(=O)[C@@H]2CCCCN2)CC(C)S1. The maximum atomic E-state index is 12.3. The number of hydrogen-bond donors (Lipinski definition) is 1. The van der Waals surface area contributed by atoms with E-state index < -0.39 is 0 Å². The molecule has 2 unspecified atom stereocenters. The Bertz CT molecular complexity index is 243. The zero-order valence-electron chi connectivity index (χ0n) is 10.2. The summed E-state index contributed by atoms with van der Waals surface area (Å²) in [5.74, 6) is 0.332. The Balaban J connectivity index is 1.92. The molecule has 0 aromatic heterocycles. The monoisotopic (exact) mass is 242 g/mol. The summed E-state index contributed by atoms with van der Waals surface area (Å²) >= 11 is 1.99. The van der Waals surface area contributed by atoms with Crippen LogP contribution in [0.2, 0.25) is 0 Å². The highest BCUT2D eigenvalue weighted by Gasteiger charge is 2.30. The van der Waals surface area contributed by atoms with Crippen LogP contribution in [0.3, 0.4) is 0 Å². The predicted molar refractivity (Wildman–Crippen MR) is 68.7 cm³/mol. The van der Waals surface area contributed by atoms with Crippen LogP contribution in [0.5, 0.6) is 0 Å². The van der Waals surface area contributed by atoms with Crippen LogP contribution in [0, 0.1) is 0 Å². The van der Waals surface area contributed by atoms with Gasteiger partial charge in [-0.25, -0.2) is 0 Å². The molecule has 1 N–H and O–H groups in total. The van der Waals surface area contributed by atoms with Crippen LogP contribution in [-0.4, -0.2) is 47.0 Å². The Kier molecular flexibility index (Phi) is 4.14. The first-order valence-electron chi connectivity index (χ1n) is 6.34. The summed E-state index contributed by atoms with van der Waals surface area (Å²) in [6.45, 7) is 7.28. The third-order valence-electron chi connectivity index (χ3n) is 3.34. The minimum Gasteiger partial charge on any atom is -0.339 e. The van der Waals surface area contributed by atoms with Gasteiger partial charge in [-0.05, 0) is 19.4 Å². The van der Waals surface area contributed by atoms with E-state index in [1.807, 2.05) is 11.8 Å². The highest BCUT2D eigenvalue weighted by atomic mass is 32.2. The van der Waals surface area contributed by atoms with E-state index >= 15 is 0 Å². The third kappa shape index (κ3) is 2.92. The first-order valence-corrected chi connectivity index (χ1v) is 7.28. The molecule has 2 aliphatic rings. The second-order valence-corrected chi connectivity index (χ2v) is 6.88. The van der Waals surface area contributed by atoms with Crippen LogP contribution in [0.1, 0.15) is 33.1 Å². The van der Waals surface area contributed by atoms with Gasteiger partial charge in [-0.15, -0.1) is 0 Å². The second-order valence-electron chi connectivity index (χ2n) is 5.00. The van der Waals surface area contributed by atoms with E-state index in [1.165, 1.54) is 12.8 Å². The van der Waals surface area contributed by atoms with Crippen molar-refractivity contribution in [3.8, 4) is 0 Å². The van der Waals surface area contributed by atoms with Gasteiger partial charge < -0.3 is 10.2 Å². The quantitative estimate of drug-likeness (QED) is 0.756. The average Bonchev–Trinajstić information content (AvgIpc) is 2.28. The van der Waals surface area contributed by atoms with E-state index in [-0.39, 0.29) is 6.04 Å². The molecular weight excluding hydrogens is 220 g/mol. The lowest BCUT2D eigenvalue weighted by Crippen LogP contribution is -2.53. The topological polar surface area (TPSA) is 32.3 Å². The molecule has 0 aliphatic carbocycles. The fourth-order valence-electron chi connectivity index (χ4n) is 2.64. The second kappa shape index (κ2) is 5.41. The molecule has 2 aliphatic heterocycles. The summed E-state index contributed by atoms with van der Waals surface area (Å²) < 4.78 is 0. The van der Waals surface area contributed by atoms with Crippen LogP contribution in [0.4, 0.5) is 0 Å². The van der Waals surface area contributed by atoms with Gasteiger partial charge in [0, 0.05) is 23.6 Å². The minimum absolute atomic E-state index is 0.0937. The van der Waals surface area contributed by atoms with Crippen LogP contribution in [0.15, 0.2) is 0 Å². The summed E-state index contributed by atoms with van der Waals surface area (Å²) in [6.07, 6.45) is 3.43. The molecule has 0 aromatic carbocycles. The summed E-state index contributed by atoms with van der Waals surface area (Å²) in [6, 6.07) is 0.0937. The molecule has 2 rings (SSSR count). The van der Waals surface area contributed by atoms with Gasteiger partial charge in [0.15, 0.2) is 0 Å². The maximum Gasteiger partial charge on any atom is 0.239 e. The molecule has 0 bridgehead atoms. The number of rotatable bonds is 1. The van der Waals surface area contributed by atoms with Crippen molar-refractivity contribution >= 4 is 17.7 Å². The number of amides is 1. The fraction of sp³-hybridized carbons (Fsp3) is 0.917. The Morgan fingerprint density at radius 1 is 1.25 bits per heavy atom. The van der Waals surface area contributed by atoms with E-state index in [4.69, 9.17) is 0 Å². The number of piperidine rings is 1. The molecule has 3 atom stereocenters. The molecule has 4 heteroatoms. The van der Waals surface area contributed by atoms with Gasteiger partial charge in [-0.1, -0.05) is 20.3 Å². The lowest BCUT2D eigenvalue weighted by atomic mass is 10.0. The van der Waals surface area contributed by atoms with Gasteiger partial charge in [0.1, 0.15) is 0 Å². The Morgan fingerprint density at radius 2 is 1.94 bits per heavy atom. The molecule has 2 fully saturated rings. The van der Waals surface area contributed by atoms with E-state index in [0.29, 0.717) is 16.4 Å². The molecule has 3 nitrogen and oxygen atoms in total. The Labute approximate surface area is 102 Å². The van der Waals surface area contributed by atoms with E-state index in [0.717, 1.165) is 26.1 Å². The van der Waals surface area contributed by atoms with E-state index in [9.17, 15) is 4.79 Å². The summed E-state index contributed by atoms with van der Waals surface area (Å²) in [7, 11) is 0. The zero-order valence-corrected chi connectivity index (χ0v) is 11.1. The Hall–Kier alpha value is -0.220. The summed E-state index contributed by atoms with van der Waals surface area (Å²) in [5, 5.41) is 4.51. The molecule has 16 heavy (non-hydrogen) atoms. The number of nitrogens with zero attached hydrogens (tertiary/aromatic N) is 1. The molecule has 2 saturated heterocycles. The molecule has 0 aromatic rings. The third-order valence-corrected chi connectivity index (χ3v) is 4.57. The first-order chi connectivity index (χ1) is 7.66. The van der Waals surface area contributed by atoms with Crippen molar-refractivity contribution in [2.45, 2.75) is 49.7 Å². The van der Waals surface area contributed by atoms with Crippen molar-refractivity contribution in [3.63, 3.8) is 0 Å². The predicted octanol–water partition coefficient (Wildman–Crippen LogP) is 1.48. The molecule has 1 amide bonds. The van der Waals surface area contributed by atoms with E-state index in [2.05, 4.69) is 24.1 Å². The number of hydrogen-bond acceptors (Lipinski definition) is 3. The van der Waals surface area contributed by atoms with Gasteiger partial charge in [-0.3, -0.25) is 4.79 Å². The normalized spacial score (nSPS) is 36.1. The number of thioether (sulfide) groups is 1. The lowest BCUT2D eigenvalue weighted by Gasteiger charge is -2.37. The Morgan fingerprint density at radius 3 is 2.50 bits per heavy atom. The number of carbonyl (C=O) groups excluding carboxylic acids is 1. The molecule has 2 heterocycles. The first kappa shape index (κ1) is 12.2. The fourth-order valence-corrected chi connectivity index (χ4v) is 3.97. The van der Waals surface area contributed by atoms with Crippen LogP contribution < -0.4 is 5.32 Å². The summed E-state index contributed by atoms with van der Waals surface area (Å²) in [4.78, 5) is 14.4. The number of nitrogens with one attached hydrogen (secondary N) is 1. The number of carbonyl (C=O) groups is 1. The van der Waals surface area contributed by atoms with Crippen molar-refractivity contribution in [1.29, 1.82) is 0 Å². The van der Waals surface area contributed by atoms with Crippen molar-refractivity contribution in [3.05, 3.63) is 0 Å². The van der Waals surface area contributed by atoms with Crippen molar-refractivity contribution in [2.24, 2.45) is 0 Å². The maximum absolute atomic E-state index is 12.3. The average molecular weight is 242 g/mol. The molecular formula is C12H22N2OS. The van der Waals surface area contributed by atoms with E-state index in [1.54, 1.807) is 0 Å². The van der Waals surface area contributed by atoms with Gasteiger partial charge in [0.05, 0.1) is 6.04 Å². The minimum atomic E-state index is 0.0937. The molecule has 0 spiro atoms. The van der Waals surface area contributed by atoms with Crippen molar-refractivity contribution in [2.75, 3.05) is 19.6 Å². The lowest BCUT2D eigenvalue weighted by molar-refractivity contribution is -0.134. The van der Waals surface area contributed by atoms with Crippen molar-refractivity contribution < 1.29 is 4.79 Å². The molecule has 0 radical (unpaired) electrons. The van der Waals surface area contributed by atoms with Crippen LogP contribution >= 0.6 is 11.8 Å². The molecule has 0 saturated carbocycles. The largest absolute Gasteiger partial charge is 0.339 e. The zero-order chi connectivity index (χ0) is 11.5. The van der Waals surface area contributed by atoms with Gasteiger partial charge in [0.25, 0.3) is 0 Å². The van der Waals surface area contributed by atoms with Gasteiger partial charge in [-0.2, -0.15) is 11.8 Å².